The summed E-state index contributed by atoms with van der Waals surface area (Å²) in [6.45, 7) is 6.17. The predicted molar refractivity (Wildman–Crippen MR) is 140 cm³/mol. The van der Waals surface area contributed by atoms with Gasteiger partial charge in [-0.3, -0.25) is 4.98 Å². The summed E-state index contributed by atoms with van der Waals surface area (Å²) in [5.74, 6) is 0.528. The number of imidazole rings is 1. The summed E-state index contributed by atoms with van der Waals surface area (Å²) in [4.78, 5) is 33.9. The summed E-state index contributed by atoms with van der Waals surface area (Å²) < 4.78 is 19.4. The molecule has 1 atom stereocenters. The fraction of sp³-hybridized carbons (Fsp3) is 0.231. The Morgan fingerprint density at radius 1 is 1.14 bits per heavy atom. The standard InChI is InChI=1S/C26H26FN7O3/c1-26(2,3)20-14-21(34(33-20)17-9-7-15(27)8-10-17)30-24(35)29-16-5-4-6-18(13-16)37-19-11-12-28-23-22(19)31-25(36)32-23/h4-13,21H,14H2,1-3H3,(H2,29,30,35)(H2,28,31,32,36). The second kappa shape index (κ2) is 9.41. The number of halogens is 1. The minimum absolute atomic E-state index is 0.195. The SMILES string of the molecule is CC(C)(C)C1=NN(c2ccc(F)cc2)C(NC(=O)Nc2cccc(Oc3ccnc4[nH]c(=O)[nH]c34)c2)C1. The molecule has 2 aromatic carbocycles. The minimum Gasteiger partial charge on any atom is -0.455 e. The van der Waals surface area contributed by atoms with E-state index in [1.165, 1.54) is 18.3 Å². The third kappa shape index (κ3) is 5.30. The van der Waals surface area contributed by atoms with Crippen molar-refractivity contribution in [3.8, 4) is 11.5 Å². The van der Waals surface area contributed by atoms with Gasteiger partial charge in [0.15, 0.2) is 11.4 Å². The molecule has 1 aliphatic rings. The van der Waals surface area contributed by atoms with E-state index < -0.39 is 12.2 Å². The fourth-order valence-corrected chi connectivity index (χ4v) is 3.99. The lowest BCUT2D eigenvalue weighted by Gasteiger charge is -2.24. The molecule has 37 heavy (non-hydrogen) atoms. The Hall–Kier alpha value is -4.67. The van der Waals surface area contributed by atoms with Crippen molar-refractivity contribution in [3.63, 3.8) is 0 Å². The number of fused-ring (bicyclic) bond motifs is 1. The Kier molecular flexibility index (Phi) is 6.12. The number of amides is 2. The molecule has 0 saturated carbocycles. The van der Waals surface area contributed by atoms with Crippen molar-refractivity contribution in [2.24, 2.45) is 10.5 Å². The summed E-state index contributed by atoms with van der Waals surface area (Å²) >= 11 is 0. The van der Waals surface area contributed by atoms with E-state index in [9.17, 15) is 14.0 Å². The Bertz CT molecular complexity index is 1540. The van der Waals surface area contributed by atoms with E-state index in [0.29, 0.717) is 40.5 Å². The van der Waals surface area contributed by atoms with Gasteiger partial charge in [0.1, 0.15) is 23.2 Å². The first-order chi connectivity index (χ1) is 17.7. The molecule has 1 unspecified atom stereocenters. The maximum absolute atomic E-state index is 13.5. The van der Waals surface area contributed by atoms with Gasteiger partial charge in [0.25, 0.3) is 0 Å². The van der Waals surface area contributed by atoms with Gasteiger partial charge in [-0.15, -0.1) is 0 Å². The molecule has 0 radical (unpaired) electrons. The Labute approximate surface area is 211 Å². The summed E-state index contributed by atoms with van der Waals surface area (Å²) in [5.41, 5.74) is 2.35. The number of aromatic nitrogens is 3. The molecule has 1 aliphatic heterocycles. The second-order valence-electron chi connectivity index (χ2n) is 9.68. The molecule has 4 N–H and O–H groups in total. The van der Waals surface area contributed by atoms with Gasteiger partial charge >= 0.3 is 11.7 Å². The molecule has 190 valence electrons. The molecule has 0 bridgehead atoms. The average Bonchev–Trinajstić information content (AvgIpc) is 3.43. The van der Waals surface area contributed by atoms with Gasteiger partial charge in [0, 0.05) is 41.6 Å². The molecule has 3 heterocycles. The zero-order valence-electron chi connectivity index (χ0n) is 20.5. The van der Waals surface area contributed by atoms with Gasteiger partial charge in [-0.25, -0.2) is 24.0 Å². The number of aromatic amines is 2. The fourth-order valence-electron chi connectivity index (χ4n) is 3.99. The molecule has 4 aromatic rings. The highest BCUT2D eigenvalue weighted by Gasteiger charge is 2.34. The largest absolute Gasteiger partial charge is 0.455 e. The molecule has 0 saturated heterocycles. The number of H-pyrrole nitrogens is 2. The first-order valence-corrected chi connectivity index (χ1v) is 11.7. The number of carbonyl (C=O) groups is 1. The monoisotopic (exact) mass is 503 g/mol. The van der Waals surface area contributed by atoms with Gasteiger partial charge in [-0.1, -0.05) is 26.8 Å². The summed E-state index contributed by atoms with van der Waals surface area (Å²) in [5, 5.41) is 12.2. The number of rotatable bonds is 5. The van der Waals surface area contributed by atoms with Crippen LogP contribution in [0.15, 0.2) is 70.7 Å². The van der Waals surface area contributed by atoms with Crippen LogP contribution in [-0.4, -0.2) is 32.9 Å². The topological polar surface area (TPSA) is 128 Å². The van der Waals surface area contributed by atoms with Crippen LogP contribution in [0.3, 0.4) is 0 Å². The smallest absolute Gasteiger partial charge is 0.325 e. The second-order valence-corrected chi connectivity index (χ2v) is 9.68. The number of pyridine rings is 1. The van der Waals surface area contributed by atoms with E-state index >= 15 is 0 Å². The maximum atomic E-state index is 13.5. The Morgan fingerprint density at radius 2 is 1.92 bits per heavy atom. The van der Waals surface area contributed by atoms with Crippen LogP contribution >= 0.6 is 0 Å². The maximum Gasteiger partial charge on any atom is 0.325 e. The molecule has 10 nitrogen and oxygen atoms in total. The van der Waals surface area contributed by atoms with Gasteiger partial charge in [0.2, 0.25) is 0 Å². The summed E-state index contributed by atoms with van der Waals surface area (Å²) in [7, 11) is 0. The summed E-state index contributed by atoms with van der Waals surface area (Å²) in [6, 6.07) is 14.1. The highest BCUT2D eigenvalue weighted by atomic mass is 19.1. The first-order valence-electron chi connectivity index (χ1n) is 11.7. The van der Waals surface area contributed by atoms with E-state index in [1.54, 1.807) is 47.5 Å². The molecule has 2 aromatic heterocycles. The van der Waals surface area contributed by atoms with Crippen LogP contribution in [0.5, 0.6) is 11.5 Å². The van der Waals surface area contributed by atoms with Crippen molar-refractivity contribution in [2.45, 2.75) is 33.4 Å². The van der Waals surface area contributed by atoms with Crippen LogP contribution in [0, 0.1) is 11.2 Å². The molecular formula is C26H26FN7O3. The molecular weight excluding hydrogens is 477 g/mol. The number of carbonyl (C=O) groups excluding carboxylic acids is 1. The van der Waals surface area contributed by atoms with Crippen LogP contribution in [0.4, 0.5) is 20.6 Å². The zero-order chi connectivity index (χ0) is 26.2. The number of benzene rings is 2. The Balaban J connectivity index is 1.30. The quantitative estimate of drug-likeness (QED) is 0.307. The predicted octanol–water partition coefficient (Wildman–Crippen LogP) is 4.94. The van der Waals surface area contributed by atoms with Gasteiger partial charge < -0.3 is 20.4 Å². The van der Waals surface area contributed by atoms with E-state index in [0.717, 1.165) is 5.71 Å². The molecule has 0 aliphatic carbocycles. The van der Waals surface area contributed by atoms with Crippen LogP contribution in [0.2, 0.25) is 0 Å². The van der Waals surface area contributed by atoms with E-state index in [2.05, 4.69) is 46.4 Å². The van der Waals surface area contributed by atoms with Crippen LogP contribution < -0.4 is 26.1 Å². The average molecular weight is 504 g/mol. The number of hydrogen-bond donors (Lipinski definition) is 4. The number of nitrogens with zero attached hydrogens (tertiary/aromatic N) is 3. The van der Waals surface area contributed by atoms with E-state index in [-0.39, 0.29) is 16.9 Å². The number of hydrogen-bond acceptors (Lipinski definition) is 6. The Morgan fingerprint density at radius 3 is 2.68 bits per heavy atom. The van der Waals surface area contributed by atoms with Crippen LogP contribution in [0.1, 0.15) is 27.2 Å². The molecule has 11 heteroatoms. The number of nitrogens with one attached hydrogen (secondary N) is 4. The van der Waals surface area contributed by atoms with Crippen molar-refractivity contribution in [3.05, 3.63) is 77.1 Å². The number of urea groups is 1. The lowest BCUT2D eigenvalue weighted by Crippen LogP contribution is -2.45. The van der Waals surface area contributed by atoms with Gasteiger partial charge in [0.05, 0.1) is 5.69 Å². The number of ether oxygens (including phenoxy) is 1. The number of hydrazone groups is 1. The van der Waals surface area contributed by atoms with Crippen LogP contribution in [0.25, 0.3) is 11.2 Å². The first kappa shape index (κ1) is 24.0. The van der Waals surface area contributed by atoms with Crippen molar-refractivity contribution in [2.75, 3.05) is 10.3 Å². The van der Waals surface area contributed by atoms with Crippen molar-refractivity contribution in [1.82, 2.24) is 20.3 Å². The normalized spacial score (nSPS) is 15.5. The van der Waals surface area contributed by atoms with E-state index in [1.807, 2.05) is 0 Å². The van der Waals surface area contributed by atoms with E-state index in [4.69, 9.17) is 9.84 Å². The molecule has 0 spiro atoms. The highest BCUT2D eigenvalue weighted by molar-refractivity contribution is 5.95. The zero-order valence-corrected chi connectivity index (χ0v) is 20.5. The van der Waals surface area contributed by atoms with Gasteiger partial charge in [-0.05, 0) is 36.4 Å². The molecule has 5 rings (SSSR count). The molecule has 2 amide bonds. The number of anilines is 2. The third-order valence-corrected chi connectivity index (χ3v) is 5.87. The minimum atomic E-state index is -0.449. The van der Waals surface area contributed by atoms with Gasteiger partial charge in [-0.2, -0.15) is 5.10 Å². The molecule has 0 fully saturated rings. The van der Waals surface area contributed by atoms with Crippen molar-refractivity contribution < 1.29 is 13.9 Å². The van der Waals surface area contributed by atoms with Crippen LogP contribution in [-0.2, 0) is 0 Å². The lowest BCUT2D eigenvalue weighted by molar-refractivity contribution is 0.248. The van der Waals surface area contributed by atoms with Crippen molar-refractivity contribution >= 4 is 34.3 Å². The van der Waals surface area contributed by atoms with Crippen molar-refractivity contribution in [1.29, 1.82) is 0 Å². The third-order valence-electron chi connectivity index (χ3n) is 5.87. The highest BCUT2D eigenvalue weighted by Crippen LogP contribution is 2.31. The summed E-state index contributed by atoms with van der Waals surface area (Å²) in [6.07, 6.45) is 1.60. The lowest BCUT2D eigenvalue weighted by atomic mass is 9.88.